The fourth-order valence-electron chi connectivity index (χ4n) is 4.64. The summed E-state index contributed by atoms with van der Waals surface area (Å²) in [5.74, 6) is -0.495. The Morgan fingerprint density at radius 3 is 2.38 bits per heavy atom. The molecule has 1 aliphatic heterocycles. The maximum absolute atomic E-state index is 13.6. The van der Waals surface area contributed by atoms with Gasteiger partial charge >= 0.3 is 11.7 Å². The second-order valence-corrected chi connectivity index (χ2v) is 12.4. The van der Waals surface area contributed by atoms with Crippen molar-refractivity contribution in [1.82, 2.24) is 14.1 Å². The van der Waals surface area contributed by atoms with Crippen molar-refractivity contribution in [2.24, 2.45) is 5.41 Å². The fraction of sp³-hybridized carbons (Fsp3) is 0.385. The Balaban J connectivity index is 1.39. The lowest BCUT2D eigenvalue weighted by atomic mass is 10.1. The largest absolute Gasteiger partial charge is 0.485 e. The fourth-order valence-corrected chi connectivity index (χ4v) is 6.33. The van der Waals surface area contributed by atoms with Gasteiger partial charge in [0, 0.05) is 36.9 Å². The Morgan fingerprint density at radius 2 is 1.75 bits per heavy atom. The first-order chi connectivity index (χ1) is 18.9. The van der Waals surface area contributed by atoms with Crippen LogP contribution < -0.4 is 20.9 Å². The van der Waals surface area contributed by atoms with Crippen LogP contribution in [-0.4, -0.2) is 61.5 Å². The molecule has 1 aliphatic carbocycles. The maximum Gasteiger partial charge on any atom is 0.397 e. The smallest absolute Gasteiger partial charge is 0.397 e. The highest BCUT2D eigenvalue weighted by Gasteiger charge is 2.64. The van der Waals surface area contributed by atoms with Crippen LogP contribution in [0.1, 0.15) is 18.4 Å². The zero-order valence-corrected chi connectivity index (χ0v) is 22.8. The van der Waals surface area contributed by atoms with Gasteiger partial charge in [0.05, 0.1) is 17.6 Å². The number of anilines is 2. The molecule has 0 bridgehead atoms. The molecule has 1 saturated carbocycles. The molecule has 14 heteroatoms. The molecule has 2 heterocycles. The first-order valence-electron chi connectivity index (χ1n) is 12.5. The van der Waals surface area contributed by atoms with Gasteiger partial charge in [0.25, 0.3) is 0 Å². The summed E-state index contributed by atoms with van der Waals surface area (Å²) in [6, 6.07) is 13.0. The number of aromatic nitrogens is 2. The number of nitrogens with zero attached hydrogens (tertiary/aromatic N) is 4. The number of halogens is 4. The van der Waals surface area contributed by atoms with E-state index in [0.29, 0.717) is 22.0 Å². The van der Waals surface area contributed by atoms with Crippen LogP contribution in [0.15, 0.2) is 59.5 Å². The van der Waals surface area contributed by atoms with Crippen LogP contribution in [0.4, 0.5) is 24.5 Å². The number of piperazine rings is 1. The quantitative estimate of drug-likeness (QED) is 0.393. The Bertz CT molecular complexity index is 1570. The van der Waals surface area contributed by atoms with Crippen molar-refractivity contribution in [3.8, 4) is 11.4 Å². The molecular formula is C26H27ClF3N5O4S. The topological polar surface area (TPSA) is 111 Å². The van der Waals surface area contributed by atoms with E-state index in [0.717, 1.165) is 4.68 Å². The van der Waals surface area contributed by atoms with Crippen molar-refractivity contribution in [1.29, 1.82) is 0 Å². The third-order valence-electron chi connectivity index (χ3n) is 7.19. The Labute approximate surface area is 233 Å². The molecule has 0 atom stereocenters. The van der Waals surface area contributed by atoms with Crippen molar-refractivity contribution in [3.05, 3.63) is 75.7 Å². The summed E-state index contributed by atoms with van der Waals surface area (Å²) in [6.45, 7) is -0.132. The van der Waals surface area contributed by atoms with Gasteiger partial charge in [0.15, 0.2) is 0 Å². The first-order valence-corrected chi connectivity index (χ1v) is 14.5. The van der Waals surface area contributed by atoms with E-state index in [4.69, 9.17) is 22.1 Å². The van der Waals surface area contributed by atoms with Crippen molar-refractivity contribution < 1.29 is 26.3 Å². The number of rotatable bonds is 8. The standard InChI is InChI=1S/C26H27ClF3N5O4S/c27-19-4-2-6-21(14-19)35-24(36)23(39-17-25(7-8-25)26(28,29)30)22(15-32-35)33-9-11-34(12-10-33)40(37,38)16-18-3-1-5-20(31)13-18/h1-6,13-15H,7-12,16-17,31H2. The number of sulfonamides is 1. The molecule has 2 aromatic carbocycles. The van der Waals surface area contributed by atoms with E-state index in [9.17, 15) is 26.4 Å². The van der Waals surface area contributed by atoms with Gasteiger partial charge in [-0.25, -0.2) is 8.42 Å². The molecule has 2 N–H and O–H groups in total. The van der Waals surface area contributed by atoms with Gasteiger partial charge in [0.1, 0.15) is 17.7 Å². The van der Waals surface area contributed by atoms with E-state index < -0.39 is 33.8 Å². The normalized spacial score (nSPS) is 17.6. The van der Waals surface area contributed by atoms with Gasteiger partial charge in [-0.3, -0.25) is 4.79 Å². The predicted molar refractivity (Wildman–Crippen MR) is 145 cm³/mol. The zero-order valence-electron chi connectivity index (χ0n) is 21.3. The molecular weight excluding hydrogens is 571 g/mol. The van der Waals surface area contributed by atoms with Gasteiger partial charge in [-0.2, -0.15) is 27.3 Å². The van der Waals surface area contributed by atoms with Gasteiger partial charge < -0.3 is 15.4 Å². The minimum absolute atomic E-state index is 0.0804. The molecule has 1 aromatic heterocycles. The highest BCUT2D eigenvalue weighted by molar-refractivity contribution is 7.88. The number of nitrogen functional groups attached to an aromatic ring is 1. The average molecular weight is 598 g/mol. The summed E-state index contributed by atoms with van der Waals surface area (Å²) in [6.07, 6.45) is -3.27. The van der Waals surface area contributed by atoms with Gasteiger partial charge in [-0.1, -0.05) is 29.8 Å². The van der Waals surface area contributed by atoms with Gasteiger partial charge in [-0.05, 0) is 48.7 Å². The Hall–Kier alpha value is -3.29. The summed E-state index contributed by atoms with van der Waals surface area (Å²) in [5, 5.41) is 4.57. The van der Waals surface area contributed by atoms with E-state index in [-0.39, 0.29) is 56.2 Å². The molecule has 40 heavy (non-hydrogen) atoms. The molecule has 0 amide bonds. The molecule has 214 valence electrons. The minimum Gasteiger partial charge on any atom is -0.485 e. The maximum atomic E-state index is 13.6. The van der Waals surface area contributed by atoms with Crippen LogP contribution in [0.5, 0.6) is 5.75 Å². The third kappa shape index (κ3) is 5.77. The summed E-state index contributed by atoms with van der Waals surface area (Å²) < 4.78 is 74.9. The van der Waals surface area contributed by atoms with Crippen molar-refractivity contribution in [2.45, 2.75) is 24.8 Å². The van der Waals surface area contributed by atoms with Gasteiger partial charge in [-0.15, -0.1) is 0 Å². The predicted octanol–water partition coefficient (Wildman–Crippen LogP) is 3.84. The van der Waals surface area contributed by atoms with Crippen molar-refractivity contribution in [2.75, 3.05) is 43.4 Å². The van der Waals surface area contributed by atoms with Crippen LogP contribution in [0, 0.1) is 5.41 Å². The summed E-state index contributed by atoms with van der Waals surface area (Å²) >= 11 is 6.06. The molecule has 2 fully saturated rings. The first kappa shape index (κ1) is 28.2. The zero-order chi connectivity index (χ0) is 28.7. The molecule has 3 aromatic rings. The lowest BCUT2D eigenvalue weighted by Gasteiger charge is -2.36. The van der Waals surface area contributed by atoms with Crippen LogP contribution >= 0.6 is 11.6 Å². The average Bonchev–Trinajstić information content (AvgIpc) is 3.69. The molecule has 5 rings (SSSR count). The second-order valence-electron chi connectivity index (χ2n) is 10.0. The van der Waals surface area contributed by atoms with Gasteiger partial charge in [0.2, 0.25) is 15.8 Å². The lowest BCUT2D eigenvalue weighted by Crippen LogP contribution is -2.49. The molecule has 9 nitrogen and oxygen atoms in total. The van der Waals surface area contributed by atoms with Crippen LogP contribution in [-0.2, 0) is 15.8 Å². The van der Waals surface area contributed by atoms with Crippen LogP contribution in [0.3, 0.4) is 0 Å². The van der Waals surface area contributed by atoms with Crippen LogP contribution in [0.25, 0.3) is 5.69 Å². The number of hydrogen-bond donors (Lipinski definition) is 1. The van der Waals surface area contributed by atoms with Crippen molar-refractivity contribution >= 4 is 33.0 Å². The molecule has 0 unspecified atom stereocenters. The third-order valence-corrected chi connectivity index (χ3v) is 9.27. The van der Waals surface area contributed by atoms with Crippen LogP contribution in [0.2, 0.25) is 5.02 Å². The number of alkyl halides is 3. The lowest BCUT2D eigenvalue weighted by molar-refractivity contribution is -0.194. The Morgan fingerprint density at radius 1 is 1.05 bits per heavy atom. The SMILES string of the molecule is Nc1cccc(CS(=O)(=O)N2CCN(c3cnn(-c4cccc(Cl)c4)c(=O)c3OCC3(C(F)(F)F)CC3)CC2)c1. The molecule has 1 saturated heterocycles. The van der Waals surface area contributed by atoms with E-state index in [2.05, 4.69) is 5.10 Å². The molecule has 0 spiro atoms. The monoisotopic (exact) mass is 597 g/mol. The van der Waals surface area contributed by atoms with E-state index >= 15 is 0 Å². The highest BCUT2D eigenvalue weighted by Crippen LogP contribution is 2.57. The summed E-state index contributed by atoms with van der Waals surface area (Å²) in [7, 11) is -3.66. The van der Waals surface area contributed by atoms with Crippen molar-refractivity contribution in [3.63, 3.8) is 0 Å². The minimum atomic E-state index is -4.46. The van der Waals surface area contributed by atoms with E-state index in [1.165, 1.54) is 16.6 Å². The van der Waals surface area contributed by atoms with E-state index in [1.54, 1.807) is 47.4 Å². The molecule has 0 radical (unpaired) electrons. The van der Waals surface area contributed by atoms with E-state index in [1.807, 2.05) is 0 Å². The molecule has 2 aliphatic rings. The highest BCUT2D eigenvalue weighted by atomic mass is 35.5. The summed E-state index contributed by atoms with van der Waals surface area (Å²) in [5.41, 5.74) is 4.58. The number of nitrogens with two attached hydrogens (primary N) is 1. The Kier molecular flexibility index (Phi) is 7.48. The second kappa shape index (κ2) is 10.6. The number of ether oxygens (including phenoxy) is 1. The number of benzene rings is 2. The summed E-state index contributed by atoms with van der Waals surface area (Å²) in [4.78, 5) is 15.2. The number of hydrogen-bond acceptors (Lipinski definition) is 7.